The molecule has 2 aromatic carbocycles. The van der Waals surface area contributed by atoms with Crippen molar-refractivity contribution in [3.8, 4) is 0 Å². The number of fused-ring (bicyclic) bond motifs is 1. The molecule has 8 heteroatoms. The van der Waals surface area contributed by atoms with Crippen molar-refractivity contribution in [2.75, 3.05) is 49.1 Å². The molecule has 4 aromatic rings. The van der Waals surface area contributed by atoms with Crippen molar-refractivity contribution in [1.29, 1.82) is 0 Å². The minimum absolute atomic E-state index is 0.0864. The number of aliphatic hydroxyl groups excluding tert-OH is 1. The SMILES string of the molecule is O=C(NCCO)c1ccc(N2CCN(c3nnc(Cc4ccccc4)c4ccccc34)CC2)nc1. The topological polar surface area (TPSA) is 94.5 Å². The van der Waals surface area contributed by atoms with E-state index in [9.17, 15) is 4.79 Å². The zero-order valence-electron chi connectivity index (χ0n) is 19.5. The van der Waals surface area contributed by atoms with Crippen molar-refractivity contribution in [2.24, 2.45) is 0 Å². The third-order valence-corrected chi connectivity index (χ3v) is 6.27. The van der Waals surface area contributed by atoms with Crippen LogP contribution in [0, 0.1) is 0 Å². The zero-order chi connectivity index (χ0) is 24.0. The Morgan fingerprint density at radius 3 is 2.29 bits per heavy atom. The van der Waals surface area contributed by atoms with Gasteiger partial charge in [-0.3, -0.25) is 4.79 Å². The maximum absolute atomic E-state index is 12.0. The van der Waals surface area contributed by atoms with E-state index in [4.69, 9.17) is 5.11 Å². The monoisotopic (exact) mass is 468 g/mol. The second kappa shape index (κ2) is 10.5. The second-order valence-corrected chi connectivity index (χ2v) is 8.54. The van der Waals surface area contributed by atoms with Crippen molar-refractivity contribution < 1.29 is 9.90 Å². The molecule has 2 N–H and O–H groups in total. The molecule has 8 nitrogen and oxygen atoms in total. The van der Waals surface area contributed by atoms with Gasteiger partial charge in [0.25, 0.3) is 5.91 Å². The fourth-order valence-corrected chi connectivity index (χ4v) is 4.42. The van der Waals surface area contributed by atoms with E-state index in [2.05, 4.69) is 66.7 Å². The zero-order valence-corrected chi connectivity index (χ0v) is 19.5. The van der Waals surface area contributed by atoms with E-state index in [0.717, 1.165) is 60.7 Å². The Labute approximate surface area is 204 Å². The lowest BCUT2D eigenvalue weighted by molar-refractivity contribution is 0.0944. The molecule has 0 radical (unpaired) electrons. The number of rotatable bonds is 7. The van der Waals surface area contributed by atoms with E-state index in [1.165, 1.54) is 5.56 Å². The largest absolute Gasteiger partial charge is 0.395 e. The van der Waals surface area contributed by atoms with Gasteiger partial charge >= 0.3 is 0 Å². The molecule has 3 heterocycles. The third kappa shape index (κ3) is 5.07. The van der Waals surface area contributed by atoms with Gasteiger partial charge in [0.05, 0.1) is 17.9 Å². The van der Waals surface area contributed by atoms with Crippen molar-refractivity contribution in [3.05, 3.63) is 89.7 Å². The van der Waals surface area contributed by atoms with E-state index < -0.39 is 0 Å². The minimum atomic E-state index is -0.232. The first-order valence-corrected chi connectivity index (χ1v) is 11.9. The highest BCUT2D eigenvalue weighted by Crippen LogP contribution is 2.28. The van der Waals surface area contributed by atoms with Gasteiger partial charge < -0.3 is 20.2 Å². The van der Waals surface area contributed by atoms with E-state index in [-0.39, 0.29) is 19.1 Å². The van der Waals surface area contributed by atoms with E-state index >= 15 is 0 Å². The number of benzene rings is 2. The van der Waals surface area contributed by atoms with Crippen LogP contribution in [0.3, 0.4) is 0 Å². The Morgan fingerprint density at radius 2 is 1.57 bits per heavy atom. The summed E-state index contributed by atoms with van der Waals surface area (Å²) >= 11 is 0. The summed E-state index contributed by atoms with van der Waals surface area (Å²) in [6.45, 7) is 3.34. The molecule has 1 fully saturated rings. The van der Waals surface area contributed by atoms with Gasteiger partial charge in [0, 0.05) is 56.1 Å². The van der Waals surface area contributed by atoms with Crippen LogP contribution < -0.4 is 15.1 Å². The fourth-order valence-electron chi connectivity index (χ4n) is 4.42. The number of pyridine rings is 1. The standard InChI is InChI=1S/C27H28N6O2/c34-17-12-28-27(35)21-10-11-25(29-19-21)32-13-15-33(16-14-32)26-23-9-5-4-8-22(23)24(30-31-26)18-20-6-2-1-3-7-20/h1-11,19,34H,12-18H2,(H,28,35). The van der Waals surface area contributed by atoms with E-state index in [1.54, 1.807) is 12.3 Å². The Morgan fingerprint density at radius 1 is 0.857 bits per heavy atom. The predicted molar refractivity (Wildman–Crippen MR) is 137 cm³/mol. The van der Waals surface area contributed by atoms with Gasteiger partial charge in [-0.15, -0.1) is 5.10 Å². The summed E-state index contributed by atoms with van der Waals surface area (Å²) in [5.74, 6) is 1.53. The maximum atomic E-state index is 12.0. The number of carbonyl (C=O) groups is 1. The highest BCUT2D eigenvalue weighted by atomic mass is 16.3. The molecule has 0 saturated carbocycles. The van der Waals surface area contributed by atoms with Crippen LogP contribution in [0.5, 0.6) is 0 Å². The van der Waals surface area contributed by atoms with Crippen molar-refractivity contribution in [2.45, 2.75) is 6.42 Å². The van der Waals surface area contributed by atoms with Gasteiger partial charge in [-0.1, -0.05) is 54.6 Å². The molecule has 0 bridgehead atoms. The normalized spacial score (nSPS) is 13.7. The third-order valence-electron chi connectivity index (χ3n) is 6.27. The summed E-state index contributed by atoms with van der Waals surface area (Å²) < 4.78 is 0. The highest BCUT2D eigenvalue weighted by molar-refractivity contribution is 5.94. The molecule has 1 aliphatic rings. The summed E-state index contributed by atoms with van der Waals surface area (Å²) in [5, 5.41) is 23.1. The number of piperazine rings is 1. The van der Waals surface area contributed by atoms with Crippen LogP contribution >= 0.6 is 0 Å². The average molecular weight is 469 g/mol. The van der Waals surface area contributed by atoms with Gasteiger partial charge in [-0.05, 0) is 17.7 Å². The summed E-state index contributed by atoms with van der Waals surface area (Å²) in [4.78, 5) is 21.0. The summed E-state index contributed by atoms with van der Waals surface area (Å²) in [7, 11) is 0. The Hall–Kier alpha value is -4.04. The number of nitrogens with one attached hydrogen (secondary N) is 1. The smallest absolute Gasteiger partial charge is 0.252 e. The average Bonchev–Trinajstić information content (AvgIpc) is 2.93. The first-order valence-electron chi connectivity index (χ1n) is 11.9. The molecule has 0 unspecified atom stereocenters. The quantitative estimate of drug-likeness (QED) is 0.431. The van der Waals surface area contributed by atoms with Crippen LogP contribution in [0.1, 0.15) is 21.6 Å². The molecule has 1 aliphatic heterocycles. The minimum Gasteiger partial charge on any atom is -0.395 e. The van der Waals surface area contributed by atoms with Gasteiger partial charge in [0.15, 0.2) is 5.82 Å². The number of carbonyl (C=O) groups excluding carboxylic acids is 1. The van der Waals surface area contributed by atoms with Crippen molar-refractivity contribution >= 4 is 28.3 Å². The van der Waals surface area contributed by atoms with Crippen LogP contribution in [0.2, 0.25) is 0 Å². The van der Waals surface area contributed by atoms with Crippen LogP contribution in [-0.4, -0.2) is 65.5 Å². The Kier molecular flexibility index (Phi) is 6.81. The van der Waals surface area contributed by atoms with Crippen LogP contribution in [0.15, 0.2) is 72.9 Å². The number of hydrogen-bond donors (Lipinski definition) is 2. The van der Waals surface area contributed by atoms with Crippen LogP contribution in [0.25, 0.3) is 10.8 Å². The van der Waals surface area contributed by atoms with Gasteiger partial charge in [0.1, 0.15) is 5.82 Å². The molecule has 0 spiro atoms. The number of anilines is 2. The van der Waals surface area contributed by atoms with Gasteiger partial charge in [-0.2, -0.15) is 5.10 Å². The molecule has 1 saturated heterocycles. The van der Waals surface area contributed by atoms with Gasteiger partial charge in [-0.25, -0.2) is 4.98 Å². The predicted octanol–water partition coefficient (Wildman–Crippen LogP) is 2.66. The Balaban J connectivity index is 1.29. The van der Waals surface area contributed by atoms with E-state index in [1.807, 2.05) is 24.3 Å². The fraction of sp³-hybridized carbons (Fsp3) is 0.259. The first kappa shape index (κ1) is 22.7. The van der Waals surface area contributed by atoms with Crippen molar-refractivity contribution in [3.63, 3.8) is 0 Å². The lowest BCUT2D eigenvalue weighted by Crippen LogP contribution is -2.47. The molecule has 2 aromatic heterocycles. The van der Waals surface area contributed by atoms with Crippen LogP contribution in [-0.2, 0) is 6.42 Å². The second-order valence-electron chi connectivity index (χ2n) is 8.54. The van der Waals surface area contributed by atoms with Crippen LogP contribution in [0.4, 0.5) is 11.6 Å². The summed E-state index contributed by atoms with van der Waals surface area (Å²) in [6, 6.07) is 22.4. The molecule has 5 rings (SSSR count). The van der Waals surface area contributed by atoms with E-state index in [0.29, 0.717) is 5.56 Å². The molecule has 1 amide bonds. The molecular formula is C27H28N6O2. The molecule has 0 aliphatic carbocycles. The number of aliphatic hydroxyl groups is 1. The number of hydrogen-bond acceptors (Lipinski definition) is 7. The van der Waals surface area contributed by atoms with Crippen molar-refractivity contribution in [1.82, 2.24) is 20.5 Å². The molecular weight excluding hydrogens is 440 g/mol. The lowest BCUT2D eigenvalue weighted by atomic mass is 10.0. The summed E-state index contributed by atoms with van der Waals surface area (Å²) in [6.07, 6.45) is 2.33. The summed E-state index contributed by atoms with van der Waals surface area (Å²) in [5.41, 5.74) is 2.69. The molecule has 178 valence electrons. The lowest BCUT2D eigenvalue weighted by Gasteiger charge is -2.36. The number of aromatic nitrogens is 3. The first-order chi connectivity index (χ1) is 17.2. The Bertz CT molecular complexity index is 1290. The molecule has 35 heavy (non-hydrogen) atoms. The molecule has 0 atom stereocenters. The van der Waals surface area contributed by atoms with Gasteiger partial charge in [0.2, 0.25) is 0 Å². The number of nitrogens with zero attached hydrogens (tertiary/aromatic N) is 5. The number of amides is 1. The highest BCUT2D eigenvalue weighted by Gasteiger charge is 2.22. The maximum Gasteiger partial charge on any atom is 0.252 e.